The van der Waals surface area contributed by atoms with Gasteiger partial charge in [-0.05, 0) is 36.6 Å². The Morgan fingerprint density at radius 2 is 1.82 bits per heavy atom. The van der Waals surface area contributed by atoms with E-state index in [1.165, 1.54) is 29.3 Å². The topological polar surface area (TPSA) is 96.9 Å². The van der Waals surface area contributed by atoms with Crippen LogP contribution in [0.3, 0.4) is 0 Å². The van der Waals surface area contributed by atoms with Crippen LogP contribution in [0.5, 0.6) is 0 Å². The molecule has 2 heterocycles. The van der Waals surface area contributed by atoms with Crippen LogP contribution in [-0.2, 0) is 17.6 Å². The molecule has 3 rings (SSSR count). The van der Waals surface area contributed by atoms with Crippen molar-refractivity contribution in [2.24, 2.45) is 0 Å². The number of carbonyl (C=O) groups excluding carboxylic acids is 2. The molecule has 0 aliphatic rings. The zero-order valence-corrected chi connectivity index (χ0v) is 16.3. The molecule has 144 valence electrons. The number of aryl methyl sites for hydroxylation is 1. The van der Waals surface area contributed by atoms with Crippen LogP contribution in [0.25, 0.3) is 0 Å². The van der Waals surface area contributed by atoms with Crippen LogP contribution in [0.2, 0.25) is 0 Å². The second-order valence-corrected chi connectivity index (χ2v) is 7.05. The number of rotatable bonds is 8. The molecule has 0 radical (unpaired) electrons. The molecule has 7 nitrogen and oxygen atoms in total. The second-order valence-electron chi connectivity index (χ2n) is 6.20. The Bertz CT molecular complexity index is 925. The van der Waals surface area contributed by atoms with E-state index in [4.69, 9.17) is 0 Å². The molecule has 0 aliphatic carbocycles. The minimum atomic E-state index is -0.436. The summed E-state index contributed by atoms with van der Waals surface area (Å²) in [7, 11) is 0. The van der Waals surface area contributed by atoms with E-state index in [0.29, 0.717) is 10.8 Å². The SMILES string of the molecule is CCCCc1ccc(NC(=O)Cc2csc(NC(=O)c3ncccn3)n2)cc1. The maximum atomic E-state index is 12.2. The molecule has 3 aromatic rings. The predicted molar refractivity (Wildman–Crippen MR) is 109 cm³/mol. The molecule has 2 aromatic heterocycles. The summed E-state index contributed by atoms with van der Waals surface area (Å²) in [5, 5.41) is 7.65. The Kier molecular flexibility index (Phi) is 6.80. The number of thiazole rings is 1. The maximum absolute atomic E-state index is 12.2. The lowest BCUT2D eigenvalue weighted by Crippen LogP contribution is -2.16. The molecule has 0 atom stereocenters. The number of aromatic nitrogens is 3. The lowest BCUT2D eigenvalue weighted by atomic mass is 10.1. The van der Waals surface area contributed by atoms with Crippen molar-refractivity contribution in [1.82, 2.24) is 15.0 Å². The third-order valence-corrected chi connectivity index (χ3v) is 4.75. The summed E-state index contributed by atoms with van der Waals surface area (Å²) in [5.41, 5.74) is 2.61. The molecule has 0 aliphatic heterocycles. The third-order valence-electron chi connectivity index (χ3n) is 3.94. The van der Waals surface area contributed by atoms with Crippen molar-refractivity contribution in [3.63, 3.8) is 0 Å². The van der Waals surface area contributed by atoms with Crippen LogP contribution in [0, 0.1) is 0 Å². The highest BCUT2D eigenvalue weighted by molar-refractivity contribution is 7.14. The van der Waals surface area contributed by atoms with Gasteiger partial charge in [0, 0.05) is 23.5 Å². The van der Waals surface area contributed by atoms with Gasteiger partial charge in [-0.25, -0.2) is 15.0 Å². The van der Waals surface area contributed by atoms with E-state index in [0.717, 1.165) is 24.9 Å². The highest BCUT2D eigenvalue weighted by atomic mass is 32.1. The smallest absolute Gasteiger partial charge is 0.295 e. The summed E-state index contributed by atoms with van der Waals surface area (Å²) in [6.45, 7) is 2.17. The van der Waals surface area contributed by atoms with E-state index < -0.39 is 5.91 Å². The monoisotopic (exact) mass is 395 g/mol. The predicted octanol–water partition coefficient (Wildman–Crippen LogP) is 3.71. The van der Waals surface area contributed by atoms with E-state index in [1.807, 2.05) is 24.3 Å². The lowest BCUT2D eigenvalue weighted by Gasteiger charge is -2.06. The minimum absolute atomic E-state index is 0.0689. The molecule has 1 aromatic carbocycles. The largest absolute Gasteiger partial charge is 0.326 e. The summed E-state index contributed by atoms with van der Waals surface area (Å²) >= 11 is 1.25. The molecule has 0 spiro atoms. The van der Waals surface area contributed by atoms with E-state index >= 15 is 0 Å². The van der Waals surface area contributed by atoms with Crippen molar-refractivity contribution in [2.75, 3.05) is 10.6 Å². The molecule has 8 heteroatoms. The van der Waals surface area contributed by atoms with Gasteiger partial charge in [0.25, 0.3) is 5.91 Å². The van der Waals surface area contributed by atoms with Crippen molar-refractivity contribution in [3.8, 4) is 0 Å². The van der Waals surface area contributed by atoms with Gasteiger partial charge in [-0.15, -0.1) is 11.3 Å². The molecule has 0 fully saturated rings. The fourth-order valence-electron chi connectivity index (χ4n) is 2.52. The van der Waals surface area contributed by atoms with Crippen LogP contribution in [0.1, 0.15) is 41.6 Å². The zero-order chi connectivity index (χ0) is 19.8. The van der Waals surface area contributed by atoms with Crippen LogP contribution >= 0.6 is 11.3 Å². The number of nitrogens with zero attached hydrogens (tertiary/aromatic N) is 3. The number of amides is 2. The summed E-state index contributed by atoms with van der Waals surface area (Å²) in [4.78, 5) is 36.3. The highest BCUT2D eigenvalue weighted by Gasteiger charge is 2.13. The number of nitrogens with one attached hydrogen (secondary N) is 2. The Morgan fingerprint density at radius 1 is 1.07 bits per heavy atom. The molecule has 2 amide bonds. The van der Waals surface area contributed by atoms with Crippen molar-refractivity contribution in [2.45, 2.75) is 32.6 Å². The molecule has 0 saturated heterocycles. The first-order valence-corrected chi connectivity index (χ1v) is 9.93. The molecule has 0 bridgehead atoms. The molecule has 28 heavy (non-hydrogen) atoms. The van der Waals surface area contributed by atoms with Crippen molar-refractivity contribution < 1.29 is 9.59 Å². The molecule has 0 unspecified atom stereocenters. The Hall–Kier alpha value is -3.13. The van der Waals surface area contributed by atoms with Crippen LogP contribution < -0.4 is 10.6 Å². The fourth-order valence-corrected chi connectivity index (χ4v) is 3.23. The Morgan fingerprint density at radius 3 is 2.54 bits per heavy atom. The van der Waals surface area contributed by atoms with Crippen LogP contribution in [-0.4, -0.2) is 26.8 Å². The fraction of sp³-hybridized carbons (Fsp3) is 0.250. The standard InChI is InChI=1S/C20H21N5O2S/c1-2-3-5-14-6-8-15(9-7-14)23-17(26)12-16-13-28-20(24-16)25-19(27)18-21-10-4-11-22-18/h4,6-11,13H,2-3,5,12H2,1H3,(H,23,26)(H,24,25,27). The van der Waals surface area contributed by atoms with E-state index in [-0.39, 0.29) is 18.2 Å². The van der Waals surface area contributed by atoms with Crippen molar-refractivity contribution in [1.29, 1.82) is 0 Å². The van der Waals surface area contributed by atoms with Gasteiger partial charge >= 0.3 is 0 Å². The summed E-state index contributed by atoms with van der Waals surface area (Å²) < 4.78 is 0. The first-order chi connectivity index (χ1) is 13.6. The average Bonchev–Trinajstić information content (AvgIpc) is 3.14. The molecule has 0 saturated carbocycles. The van der Waals surface area contributed by atoms with Crippen molar-refractivity contribution in [3.05, 3.63) is 65.2 Å². The summed E-state index contributed by atoms with van der Waals surface area (Å²) in [5.74, 6) is -0.524. The van der Waals surface area contributed by atoms with Crippen LogP contribution in [0.15, 0.2) is 48.1 Å². The quantitative estimate of drug-likeness (QED) is 0.606. The maximum Gasteiger partial charge on any atom is 0.295 e. The highest BCUT2D eigenvalue weighted by Crippen LogP contribution is 2.17. The Labute approximate surface area is 167 Å². The normalized spacial score (nSPS) is 10.5. The third kappa shape index (κ3) is 5.68. The van der Waals surface area contributed by atoms with Crippen LogP contribution in [0.4, 0.5) is 10.8 Å². The van der Waals surface area contributed by atoms with Gasteiger partial charge in [-0.3, -0.25) is 14.9 Å². The minimum Gasteiger partial charge on any atom is -0.326 e. The van der Waals surface area contributed by atoms with Gasteiger partial charge < -0.3 is 5.32 Å². The van der Waals surface area contributed by atoms with Gasteiger partial charge in [0.1, 0.15) is 0 Å². The van der Waals surface area contributed by atoms with Gasteiger partial charge in [0.05, 0.1) is 12.1 Å². The van der Waals surface area contributed by atoms with Gasteiger partial charge in [-0.1, -0.05) is 25.5 Å². The second kappa shape index (κ2) is 9.70. The van der Waals surface area contributed by atoms with Gasteiger partial charge in [-0.2, -0.15) is 0 Å². The number of carbonyl (C=O) groups is 2. The number of hydrogen-bond donors (Lipinski definition) is 2. The van der Waals surface area contributed by atoms with Gasteiger partial charge in [0.15, 0.2) is 5.13 Å². The van der Waals surface area contributed by atoms with Crippen molar-refractivity contribution >= 4 is 34.0 Å². The number of hydrogen-bond acceptors (Lipinski definition) is 6. The first kappa shape index (κ1) is 19.6. The Balaban J connectivity index is 1.51. The average molecular weight is 395 g/mol. The van der Waals surface area contributed by atoms with E-state index in [9.17, 15) is 9.59 Å². The molecule has 2 N–H and O–H groups in total. The zero-order valence-electron chi connectivity index (χ0n) is 15.5. The summed E-state index contributed by atoms with van der Waals surface area (Å²) in [6.07, 6.45) is 6.49. The van der Waals surface area contributed by atoms with E-state index in [2.05, 4.69) is 32.5 Å². The number of anilines is 2. The molecular formula is C20H21N5O2S. The first-order valence-electron chi connectivity index (χ1n) is 9.05. The molecular weight excluding hydrogens is 374 g/mol. The van der Waals surface area contributed by atoms with E-state index in [1.54, 1.807) is 11.4 Å². The summed E-state index contributed by atoms with van der Waals surface area (Å²) in [6, 6.07) is 9.53. The van der Waals surface area contributed by atoms with Gasteiger partial charge in [0.2, 0.25) is 11.7 Å². The number of unbranched alkanes of at least 4 members (excludes halogenated alkanes) is 1. The number of benzene rings is 1. The lowest BCUT2D eigenvalue weighted by molar-refractivity contribution is -0.115.